The minimum Gasteiger partial charge on any atom is -0.339 e. The van der Waals surface area contributed by atoms with E-state index in [1.807, 2.05) is 25.2 Å². The van der Waals surface area contributed by atoms with Gasteiger partial charge in [0.25, 0.3) is 5.91 Å². The molecule has 0 aliphatic carbocycles. The number of benzene rings is 1. The van der Waals surface area contributed by atoms with Gasteiger partial charge in [0.15, 0.2) is 0 Å². The third-order valence-corrected chi connectivity index (χ3v) is 3.28. The van der Waals surface area contributed by atoms with Crippen LogP contribution >= 0.6 is 0 Å². The summed E-state index contributed by atoms with van der Waals surface area (Å²) < 4.78 is 0. The molecule has 1 unspecified atom stereocenters. The second-order valence-corrected chi connectivity index (χ2v) is 4.69. The Morgan fingerprint density at radius 1 is 1.16 bits per heavy atom. The van der Waals surface area contributed by atoms with Crippen LogP contribution in [0.15, 0.2) is 54.9 Å². The number of hydrogen-bond acceptors (Lipinski definition) is 2. The zero-order valence-corrected chi connectivity index (χ0v) is 11.3. The van der Waals surface area contributed by atoms with Gasteiger partial charge in [-0.3, -0.25) is 9.78 Å². The summed E-state index contributed by atoms with van der Waals surface area (Å²) in [4.78, 5) is 18.0. The molecule has 0 saturated carbocycles. The van der Waals surface area contributed by atoms with Crippen LogP contribution in [-0.4, -0.2) is 28.9 Å². The summed E-state index contributed by atoms with van der Waals surface area (Å²) in [5.41, 5.74) is 1.92. The van der Waals surface area contributed by atoms with Gasteiger partial charge in [-0.1, -0.05) is 30.3 Å². The van der Waals surface area contributed by atoms with E-state index in [0.717, 1.165) is 6.42 Å². The number of carbonyl (C=O) groups is 1. The number of nitrogens with zero attached hydrogens (tertiary/aromatic N) is 2. The fourth-order valence-electron chi connectivity index (χ4n) is 1.99. The second kappa shape index (κ2) is 6.14. The van der Waals surface area contributed by atoms with Crippen LogP contribution in [0.25, 0.3) is 0 Å². The van der Waals surface area contributed by atoms with E-state index in [2.05, 4.69) is 24.0 Å². The van der Waals surface area contributed by atoms with Crippen molar-refractivity contribution in [3.05, 3.63) is 66.0 Å². The Morgan fingerprint density at radius 3 is 2.42 bits per heavy atom. The SMILES string of the molecule is CC(Cc1ccccc1)N(C)C(=O)c1ccncc1. The summed E-state index contributed by atoms with van der Waals surface area (Å²) in [6, 6.07) is 13.9. The standard InChI is InChI=1S/C16H18N2O/c1-13(12-14-6-4-3-5-7-14)18(2)16(19)15-8-10-17-11-9-15/h3-11,13H,12H2,1-2H3. The van der Waals surface area contributed by atoms with Crippen molar-refractivity contribution >= 4 is 5.91 Å². The molecule has 98 valence electrons. The van der Waals surface area contributed by atoms with Crippen LogP contribution < -0.4 is 0 Å². The smallest absolute Gasteiger partial charge is 0.253 e. The van der Waals surface area contributed by atoms with E-state index in [0.29, 0.717) is 5.56 Å². The number of likely N-dealkylation sites (N-methyl/N-ethyl adjacent to an activating group) is 1. The van der Waals surface area contributed by atoms with Crippen LogP contribution in [0.4, 0.5) is 0 Å². The maximum absolute atomic E-state index is 12.3. The van der Waals surface area contributed by atoms with E-state index >= 15 is 0 Å². The number of amides is 1. The van der Waals surface area contributed by atoms with Crippen LogP contribution in [0.3, 0.4) is 0 Å². The summed E-state index contributed by atoms with van der Waals surface area (Å²) in [6.07, 6.45) is 4.14. The number of aromatic nitrogens is 1. The number of hydrogen-bond donors (Lipinski definition) is 0. The number of rotatable bonds is 4. The average Bonchev–Trinajstić information content (AvgIpc) is 2.47. The quantitative estimate of drug-likeness (QED) is 0.840. The molecule has 1 aromatic carbocycles. The van der Waals surface area contributed by atoms with Gasteiger partial charge in [0.1, 0.15) is 0 Å². The van der Waals surface area contributed by atoms with E-state index in [-0.39, 0.29) is 11.9 Å². The van der Waals surface area contributed by atoms with Crippen LogP contribution in [0.5, 0.6) is 0 Å². The third-order valence-electron chi connectivity index (χ3n) is 3.28. The van der Waals surface area contributed by atoms with Gasteiger partial charge in [0, 0.05) is 31.0 Å². The molecule has 3 nitrogen and oxygen atoms in total. The van der Waals surface area contributed by atoms with Gasteiger partial charge in [-0.2, -0.15) is 0 Å². The lowest BCUT2D eigenvalue weighted by Crippen LogP contribution is -2.36. The lowest BCUT2D eigenvalue weighted by atomic mass is 10.1. The van der Waals surface area contributed by atoms with Gasteiger partial charge < -0.3 is 4.90 Å². The van der Waals surface area contributed by atoms with E-state index in [1.54, 1.807) is 29.4 Å². The predicted octanol–water partition coefficient (Wildman–Crippen LogP) is 2.78. The highest BCUT2D eigenvalue weighted by atomic mass is 16.2. The molecular weight excluding hydrogens is 236 g/mol. The highest BCUT2D eigenvalue weighted by Gasteiger charge is 2.17. The highest BCUT2D eigenvalue weighted by Crippen LogP contribution is 2.10. The third kappa shape index (κ3) is 3.41. The Morgan fingerprint density at radius 2 is 1.79 bits per heavy atom. The first-order valence-corrected chi connectivity index (χ1v) is 6.39. The first kappa shape index (κ1) is 13.3. The Kier molecular flexibility index (Phi) is 4.29. The minimum absolute atomic E-state index is 0.0332. The van der Waals surface area contributed by atoms with Gasteiger partial charge >= 0.3 is 0 Å². The van der Waals surface area contributed by atoms with E-state index < -0.39 is 0 Å². The maximum Gasteiger partial charge on any atom is 0.253 e. The van der Waals surface area contributed by atoms with Gasteiger partial charge in [-0.15, -0.1) is 0 Å². The van der Waals surface area contributed by atoms with Crippen molar-refractivity contribution in [1.82, 2.24) is 9.88 Å². The molecule has 1 aromatic heterocycles. The zero-order valence-electron chi connectivity index (χ0n) is 11.3. The Bertz CT molecular complexity index is 525. The largest absolute Gasteiger partial charge is 0.339 e. The minimum atomic E-state index is 0.0332. The fourth-order valence-corrected chi connectivity index (χ4v) is 1.99. The van der Waals surface area contributed by atoms with Gasteiger partial charge in [-0.05, 0) is 31.0 Å². The summed E-state index contributed by atoms with van der Waals surface area (Å²) >= 11 is 0. The predicted molar refractivity (Wildman–Crippen MR) is 75.9 cm³/mol. The molecule has 19 heavy (non-hydrogen) atoms. The normalized spacial score (nSPS) is 11.9. The van der Waals surface area contributed by atoms with Crippen LogP contribution in [-0.2, 0) is 6.42 Å². The van der Waals surface area contributed by atoms with Gasteiger partial charge in [-0.25, -0.2) is 0 Å². The van der Waals surface area contributed by atoms with Gasteiger partial charge in [0.05, 0.1) is 0 Å². The maximum atomic E-state index is 12.3. The molecule has 0 radical (unpaired) electrons. The second-order valence-electron chi connectivity index (χ2n) is 4.69. The summed E-state index contributed by atoms with van der Waals surface area (Å²) in [5.74, 6) is 0.0332. The van der Waals surface area contributed by atoms with Gasteiger partial charge in [0.2, 0.25) is 0 Å². The molecule has 2 aromatic rings. The molecule has 0 aliphatic rings. The van der Waals surface area contributed by atoms with Crippen molar-refractivity contribution in [2.24, 2.45) is 0 Å². The highest BCUT2D eigenvalue weighted by molar-refractivity contribution is 5.94. The molecule has 1 heterocycles. The first-order chi connectivity index (χ1) is 9.18. The Balaban J connectivity index is 2.03. The van der Waals surface area contributed by atoms with Crippen molar-refractivity contribution in [1.29, 1.82) is 0 Å². The Labute approximate surface area is 113 Å². The van der Waals surface area contributed by atoms with Crippen molar-refractivity contribution in [3.8, 4) is 0 Å². The molecule has 0 saturated heterocycles. The Hall–Kier alpha value is -2.16. The average molecular weight is 254 g/mol. The van der Waals surface area contributed by atoms with Crippen molar-refractivity contribution < 1.29 is 4.79 Å². The number of carbonyl (C=O) groups excluding carboxylic acids is 1. The zero-order chi connectivity index (χ0) is 13.7. The molecule has 3 heteroatoms. The van der Waals surface area contributed by atoms with Crippen molar-refractivity contribution in [3.63, 3.8) is 0 Å². The lowest BCUT2D eigenvalue weighted by Gasteiger charge is -2.25. The first-order valence-electron chi connectivity index (χ1n) is 6.39. The molecular formula is C16H18N2O. The van der Waals surface area contributed by atoms with Crippen LogP contribution in [0.1, 0.15) is 22.8 Å². The molecule has 0 N–H and O–H groups in total. The van der Waals surface area contributed by atoms with E-state index in [4.69, 9.17) is 0 Å². The van der Waals surface area contributed by atoms with Crippen molar-refractivity contribution in [2.45, 2.75) is 19.4 Å². The molecule has 2 rings (SSSR count). The molecule has 0 fully saturated rings. The fraction of sp³-hybridized carbons (Fsp3) is 0.250. The molecule has 1 atom stereocenters. The lowest BCUT2D eigenvalue weighted by molar-refractivity contribution is 0.0743. The van der Waals surface area contributed by atoms with E-state index in [9.17, 15) is 4.79 Å². The monoisotopic (exact) mass is 254 g/mol. The molecule has 1 amide bonds. The molecule has 0 bridgehead atoms. The summed E-state index contributed by atoms with van der Waals surface area (Å²) in [5, 5.41) is 0. The summed E-state index contributed by atoms with van der Waals surface area (Å²) in [7, 11) is 1.84. The number of pyridine rings is 1. The van der Waals surface area contributed by atoms with Crippen LogP contribution in [0, 0.1) is 0 Å². The molecule has 0 spiro atoms. The molecule has 0 aliphatic heterocycles. The van der Waals surface area contributed by atoms with Crippen LogP contribution in [0.2, 0.25) is 0 Å². The van der Waals surface area contributed by atoms with Crippen molar-refractivity contribution in [2.75, 3.05) is 7.05 Å². The topological polar surface area (TPSA) is 33.2 Å². The van der Waals surface area contributed by atoms with E-state index in [1.165, 1.54) is 5.56 Å². The summed E-state index contributed by atoms with van der Waals surface area (Å²) in [6.45, 7) is 2.06.